The van der Waals surface area contributed by atoms with E-state index in [-0.39, 0.29) is 5.91 Å². The summed E-state index contributed by atoms with van der Waals surface area (Å²) in [5.41, 5.74) is 1.79. The summed E-state index contributed by atoms with van der Waals surface area (Å²) < 4.78 is 11.8. The van der Waals surface area contributed by atoms with Gasteiger partial charge in [-0.1, -0.05) is 107 Å². The minimum absolute atomic E-state index is 0.0367. The number of aryl methyl sites for hydroxylation is 1. The number of para-hydroxylation sites is 3. The fourth-order valence-electron chi connectivity index (χ4n) is 4.28. The van der Waals surface area contributed by atoms with Gasteiger partial charge in [-0.2, -0.15) is 0 Å². The van der Waals surface area contributed by atoms with E-state index >= 15 is 0 Å². The Kier molecular flexibility index (Phi) is 13.2. The first-order valence-corrected chi connectivity index (χ1v) is 14.1. The van der Waals surface area contributed by atoms with Crippen LogP contribution >= 0.6 is 0 Å². The highest BCUT2D eigenvalue weighted by atomic mass is 16.5. The van der Waals surface area contributed by atoms with Crippen LogP contribution in [0.3, 0.4) is 0 Å². The van der Waals surface area contributed by atoms with Gasteiger partial charge in [0.2, 0.25) is 5.91 Å². The van der Waals surface area contributed by atoms with Crippen molar-refractivity contribution < 1.29 is 14.3 Å². The molecular formula is C33H43NO3. The molecule has 0 heterocycles. The fraction of sp³-hybridized carbons (Fsp3) is 0.424. The van der Waals surface area contributed by atoms with E-state index in [1.54, 1.807) is 0 Å². The number of carbonyl (C=O) groups is 1. The predicted molar refractivity (Wildman–Crippen MR) is 154 cm³/mol. The Morgan fingerprint density at radius 1 is 0.676 bits per heavy atom. The maximum atomic E-state index is 12.6. The van der Waals surface area contributed by atoms with E-state index in [1.807, 2.05) is 78.9 Å². The van der Waals surface area contributed by atoms with E-state index in [0.29, 0.717) is 24.3 Å². The second-order valence-corrected chi connectivity index (χ2v) is 9.63. The Bertz CT molecular complexity index is 1020. The highest BCUT2D eigenvalue weighted by Gasteiger charge is 2.09. The summed E-state index contributed by atoms with van der Waals surface area (Å²) in [7, 11) is 0. The van der Waals surface area contributed by atoms with Crippen LogP contribution < -0.4 is 14.8 Å². The summed E-state index contributed by atoms with van der Waals surface area (Å²) in [4.78, 5) is 12.6. The van der Waals surface area contributed by atoms with Gasteiger partial charge < -0.3 is 14.8 Å². The molecule has 198 valence electrons. The van der Waals surface area contributed by atoms with Crippen molar-refractivity contribution in [3.8, 4) is 17.2 Å². The van der Waals surface area contributed by atoms with Crippen molar-refractivity contribution >= 4 is 11.6 Å². The summed E-state index contributed by atoms with van der Waals surface area (Å²) >= 11 is 0. The topological polar surface area (TPSA) is 47.6 Å². The van der Waals surface area contributed by atoms with Crippen molar-refractivity contribution in [2.75, 3.05) is 11.9 Å². The molecule has 3 rings (SSSR count). The molecule has 0 aliphatic rings. The van der Waals surface area contributed by atoms with Gasteiger partial charge in [-0.05, 0) is 54.8 Å². The molecule has 0 unspecified atom stereocenters. The van der Waals surface area contributed by atoms with Gasteiger partial charge in [0.15, 0.2) is 5.75 Å². The second kappa shape index (κ2) is 17.2. The molecule has 0 fully saturated rings. The molecule has 0 aromatic heterocycles. The molecule has 0 spiro atoms. The Balaban J connectivity index is 1.30. The number of amides is 1. The van der Waals surface area contributed by atoms with Crippen LogP contribution in [0.5, 0.6) is 17.2 Å². The van der Waals surface area contributed by atoms with E-state index in [4.69, 9.17) is 9.47 Å². The summed E-state index contributed by atoms with van der Waals surface area (Å²) in [6.07, 6.45) is 14.3. The van der Waals surface area contributed by atoms with Crippen LogP contribution in [0.4, 0.5) is 5.69 Å². The Morgan fingerprint density at radius 3 is 2.00 bits per heavy atom. The molecule has 0 aliphatic carbocycles. The average Bonchev–Trinajstić information content (AvgIpc) is 2.93. The number of hydrogen-bond donors (Lipinski definition) is 1. The first-order chi connectivity index (χ1) is 18.2. The summed E-state index contributed by atoms with van der Waals surface area (Å²) in [5.74, 6) is 2.23. The van der Waals surface area contributed by atoms with E-state index < -0.39 is 0 Å². The van der Waals surface area contributed by atoms with Gasteiger partial charge in [0, 0.05) is 6.42 Å². The SMILES string of the molecule is CCCCCCCCCCCCOc1ccc(CCC(=O)Nc2ccccc2Oc2ccccc2)cc1. The maximum Gasteiger partial charge on any atom is 0.224 e. The molecule has 0 atom stereocenters. The van der Waals surface area contributed by atoms with Crippen LogP contribution in [0.15, 0.2) is 78.9 Å². The molecule has 0 aliphatic heterocycles. The van der Waals surface area contributed by atoms with E-state index in [0.717, 1.165) is 30.1 Å². The first kappa shape index (κ1) is 28.3. The molecular weight excluding hydrogens is 458 g/mol. The van der Waals surface area contributed by atoms with Gasteiger partial charge in [0.25, 0.3) is 0 Å². The Labute approximate surface area is 223 Å². The number of nitrogens with one attached hydrogen (secondary N) is 1. The van der Waals surface area contributed by atoms with Crippen LogP contribution in [-0.4, -0.2) is 12.5 Å². The molecule has 1 amide bonds. The average molecular weight is 502 g/mol. The van der Waals surface area contributed by atoms with Crippen molar-refractivity contribution in [1.29, 1.82) is 0 Å². The monoisotopic (exact) mass is 501 g/mol. The molecule has 3 aromatic carbocycles. The number of benzene rings is 3. The minimum Gasteiger partial charge on any atom is -0.494 e. The zero-order valence-corrected chi connectivity index (χ0v) is 22.4. The van der Waals surface area contributed by atoms with E-state index in [9.17, 15) is 4.79 Å². The molecule has 0 radical (unpaired) electrons. The van der Waals surface area contributed by atoms with Crippen LogP contribution in [0.2, 0.25) is 0 Å². The molecule has 4 heteroatoms. The molecule has 4 nitrogen and oxygen atoms in total. The van der Waals surface area contributed by atoms with Crippen molar-refractivity contribution in [2.24, 2.45) is 0 Å². The number of carbonyl (C=O) groups excluding carboxylic acids is 1. The number of ether oxygens (including phenoxy) is 2. The molecule has 3 aromatic rings. The minimum atomic E-state index is -0.0367. The molecule has 0 bridgehead atoms. The third-order valence-electron chi connectivity index (χ3n) is 6.46. The van der Waals surface area contributed by atoms with Crippen molar-refractivity contribution in [2.45, 2.75) is 84.0 Å². The van der Waals surface area contributed by atoms with Gasteiger partial charge in [-0.15, -0.1) is 0 Å². The van der Waals surface area contributed by atoms with Crippen LogP contribution in [-0.2, 0) is 11.2 Å². The highest BCUT2D eigenvalue weighted by Crippen LogP contribution is 2.29. The van der Waals surface area contributed by atoms with Gasteiger partial charge in [0.1, 0.15) is 11.5 Å². The second-order valence-electron chi connectivity index (χ2n) is 9.63. The largest absolute Gasteiger partial charge is 0.494 e. The van der Waals surface area contributed by atoms with Crippen LogP contribution in [0.25, 0.3) is 0 Å². The Morgan fingerprint density at radius 2 is 1.30 bits per heavy atom. The summed E-state index contributed by atoms with van der Waals surface area (Å²) in [5, 5.41) is 2.99. The third-order valence-corrected chi connectivity index (χ3v) is 6.46. The van der Waals surface area contributed by atoms with E-state index in [1.165, 1.54) is 57.8 Å². The smallest absolute Gasteiger partial charge is 0.224 e. The molecule has 37 heavy (non-hydrogen) atoms. The van der Waals surface area contributed by atoms with Gasteiger partial charge in [-0.25, -0.2) is 0 Å². The molecule has 0 saturated carbocycles. The third kappa shape index (κ3) is 11.6. The molecule has 1 N–H and O–H groups in total. The lowest BCUT2D eigenvalue weighted by molar-refractivity contribution is -0.116. The van der Waals surface area contributed by atoms with Crippen molar-refractivity contribution in [1.82, 2.24) is 0 Å². The zero-order chi connectivity index (χ0) is 26.0. The standard InChI is InChI=1S/C33H43NO3/c1-2-3-4-5-6-7-8-9-10-16-27-36-29-24-21-28(22-25-29)23-26-33(35)34-31-19-14-15-20-32(31)37-30-17-12-11-13-18-30/h11-15,17-22,24-25H,2-10,16,23,26-27H2,1H3,(H,34,35). The van der Waals surface area contributed by atoms with Gasteiger partial charge in [-0.3, -0.25) is 4.79 Å². The lowest BCUT2D eigenvalue weighted by Crippen LogP contribution is -2.13. The highest BCUT2D eigenvalue weighted by molar-refractivity contribution is 5.92. The first-order valence-electron chi connectivity index (χ1n) is 14.1. The number of rotatable bonds is 18. The fourth-order valence-corrected chi connectivity index (χ4v) is 4.28. The zero-order valence-electron chi connectivity index (χ0n) is 22.4. The number of anilines is 1. The van der Waals surface area contributed by atoms with Crippen LogP contribution in [0, 0.1) is 0 Å². The molecule has 0 saturated heterocycles. The normalized spacial score (nSPS) is 10.7. The van der Waals surface area contributed by atoms with Crippen LogP contribution in [0.1, 0.15) is 83.1 Å². The Hall–Kier alpha value is -3.27. The number of unbranched alkanes of at least 4 members (excludes halogenated alkanes) is 9. The summed E-state index contributed by atoms with van der Waals surface area (Å²) in [6.45, 7) is 3.03. The quantitative estimate of drug-likeness (QED) is 0.177. The maximum absolute atomic E-state index is 12.6. The van der Waals surface area contributed by atoms with Gasteiger partial charge >= 0.3 is 0 Å². The lowest BCUT2D eigenvalue weighted by atomic mass is 10.1. The van der Waals surface area contributed by atoms with Crippen molar-refractivity contribution in [3.05, 3.63) is 84.4 Å². The number of hydrogen-bond acceptors (Lipinski definition) is 3. The van der Waals surface area contributed by atoms with Crippen molar-refractivity contribution in [3.63, 3.8) is 0 Å². The van der Waals surface area contributed by atoms with E-state index in [2.05, 4.69) is 12.2 Å². The summed E-state index contributed by atoms with van der Waals surface area (Å²) in [6, 6.07) is 25.2. The lowest BCUT2D eigenvalue weighted by Gasteiger charge is -2.12. The predicted octanol–water partition coefficient (Wildman–Crippen LogP) is 9.35. The van der Waals surface area contributed by atoms with Gasteiger partial charge in [0.05, 0.1) is 12.3 Å².